The molecule has 21 heavy (non-hydrogen) atoms. The van der Waals surface area contributed by atoms with Crippen molar-refractivity contribution in [3.05, 3.63) is 47.1 Å². The van der Waals surface area contributed by atoms with Gasteiger partial charge in [0.05, 0.1) is 12.0 Å². The Labute approximate surface area is 128 Å². The fourth-order valence-corrected chi connectivity index (χ4v) is 3.36. The standard InChI is InChI=1S/C16H21N3OS/c1-3-6-17-14(13-5-8-20-15(13)4-2)10-12-11-19-7-9-21-16(19)18-12/h5,7-9,11,14,17H,3-4,6,10H2,1-2H3. The third-order valence-corrected chi connectivity index (χ3v) is 4.44. The molecule has 0 amide bonds. The van der Waals surface area contributed by atoms with Gasteiger partial charge < -0.3 is 9.73 Å². The van der Waals surface area contributed by atoms with Gasteiger partial charge in [0.25, 0.3) is 0 Å². The van der Waals surface area contributed by atoms with Crippen molar-refractivity contribution < 1.29 is 4.42 Å². The maximum Gasteiger partial charge on any atom is 0.193 e. The number of hydrogen-bond acceptors (Lipinski definition) is 4. The van der Waals surface area contributed by atoms with Crippen LogP contribution in [0.15, 0.2) is 34.5 Å². The zero-order valence-corrected chi connectivity index (χ0v) is 13.3. The summed E-state index contributed by atoms with van der Waals surface area (Å²) in [6.45, 7) is 5.32. The normalized spacial score (nSPS) is 13.0. The molecule has 0 aliphatic heterocycles. The maximum atomic E-state index is 5.59. The van der Waals surface area contributed by atoms with Crippen molar-refractivity contribution in [3.8, 4) is 0 Å². The van der Waals surface area contributed by atoms with Crippen LogP contribution in [0.4, 0.5) is 0 Å². The highest BCUT2D eigenvalue weighted by molar-refractivity contribution is 7.15. The third-order valence-electron chi connectivity index (χ3n) is 3.67. The lowest BCUT2D eigenvalue weighted by Crippen LogP contribution is -2.24. The van der Waals surface area contributed by atoms with E-state index in [1.54, 1.807) is 17.6 Å². The Hall–Kier alpha value is -1.59. The second kappa shape index (κ2) is 6.45. The van der Waals surface area contributed by atoms with Crippen LogP contribution in [-0.2, 0) is 12.8 Å². The van der Waals surface area contributed by atoms with E-state index in [0.29, 0.717) is 0 Å². The lowest BCUT2D eigenvalue weighted by atomic mass is 10.0. The predicted octanol–water partition coefficient (Wildman–Crippen LogP) is 3.83. The van der Waals surface area contributed by atoms with Crippen LogP contribution in [0.1, 0.15) is 43.3 Å². The van der Waals surface area contributed by atoms with Crippen molar-refractivity contribution >= 4 is 16.3 Å². The number of hydrogen-bond donors (Lipinski definition) is 1. The fraction of sp³-hybridized carbons (Fsp3) is 0.438. The Balaban J connectivity index is 1.83. The lowest BCUT2D eigenvalue weighted by Gasteiger charge is -2.17. The summed E-state index contributed by atoms with van der Waals surface area (Å²) < 4.78 is 7.68. The quantitative estimate of drug-likeness (QED) is 0.721. The molecule has 1 atom stereocenters. The van der Waals surface area contributed by atoms with E-state index in [2.05, 4.69) is 47.4 Å². The van der Waals surface area contributed by atoms with Crippen LogP contribution in [-0.4, -0.2) is 15.9 Å². The van der Waals surface area contributed by atoms with Gasteiger partial charge in [0, 0.05) is 42.2 Å². The van der Waals surface area contributed by atoms with E-state index < -0.39 is 0 Å². The molecule has 5 heteroatoms. The number of fused-ring (bicyclic) bond motifs is 1. The number of thiazole rings is 1. The highest BCUT2D eigenvalue weighted by Gasteiger charge is 2.18. The largest absolute Gasteiger partial charge is 0.469 e. The molecule has 3 rings (SSSR count). The van der Waals surface area contributed by atoms with Crippen LogP contribution >= 0.6 is 11.3 Å². The van der Waals surface area contributed by atoms with Gasteiger partial charge in [0.1, 0.15) is 5.76 Å². The number of nitrogens with zero attached hydrogens (tertiary/aromatic N) is 2. The number of imidazole rings is 1. The van der Waals surface area contributed by atoms with Crippen molar-refractivity contribution in [2.45, 2.75) is 39.2 Å². The molecule has 3 aromatic heterocycles. The molecule has 3 aromatic rings. The summed E-state index contributed by atoms with van der Waals surface area (Å²) in [7, 11) is 0. The zero-order chi connectivity index (χ0) is 14.7. The number of nitrogens with one attached hydrogen (secondary N) is 1. The Morgan fingerprint density at radius 1 is 1.43 bits per heavy atom. The smallest absolute Gasteiger partial charge is 0.193 e. The first-order chi connectivity index (χ1) is 10.3. The SMILES string of the molecule is CCCNC(Cc1cn2ccsc2n1)c1ccoc1CC. The first kappa shape index (κ1) is 14.4. The molecule has 0 fully saturated rings. The summed E-state index contributed by atoms with van der Waals surface area (Å²) in [5, 5.41) is 5.69. The van der Waals surface area contributed by atoms with Gasteiger partial charge in [-0.25, -0.2) is 4.98 Å². The number of furan rings is 1. The van der Waals surface area contributed by atoms with E-state index >= 15 is 0 Å². The van der Waals surface area contributed by atoms with Gasteiger partial charge in [0.15, 0.2) is 4.96 Å². The Morgan fingerprint density at radius 3 is 3.10 bits per heavy atom. The van der Waals surface area contributed by atoms with E-state index in [1.165, 1.54) is 5.56 Å². The van der Waals surface area contributed by atoms with E-state index in [-0.39, 0.29) is 6.04 Å². The molecule has 0 aliphatic rings. The third kappa shape index (κ3) is 3.04. The van der Waals surface area contributed by atoms with Crippen LogP contribution in [0.25, 0.3) is 4.96 Å². The van der Waals surface area contributed by atoms with Crippen LogP contribution in [0, 0.1) is 0 Å². The first-order valence-corrected chi connectivity index (χ1v) is 8.40. The molecule has 0 aliphatic carbocycles. The van der Waals surface area contributed by atoms with Crippen molar-refractivity contribution in [1.29, 1.82) is 0 Å². The van der Waals surface area contributed by atoms with E-state index in [9.17, 15) is 0 Å². The molecule has 0 spiro atoms. The average Bonchev–Trinajstić information content (AvgIpc) is 3.17. The van der Waals surface area contributed by atoms with E-state index in [0.717, 1.165) is 42.2 Å². The minimum atomic E-state index is 0.267. The maximum absolute atomic E-state index is 5.59. The molecular formula is C16H21N3OS. The molecule has 0 saturated carbocycles. The number of aromatic nitrogens is 2. The fourth-order valence-electron chi connectivity index (χ4n) is 2.64. The van der Waals surface area contributed by atoms with Gasteiger partial charge in [-0.2, -0.15) is 0 Å². The first-order valence-electron chi connectivity index (χ1n) is 7.52. The minimum Gasteiger partial charge on any atom is -0.469 e. The van der Waals surface area contributed by atoms with Gasteiger partial charge in [-0.3, -0.25) is 4.40 Å². The number of rotatable bonds is 7. The molecule has 4 nitrogen and oxygen atoms in total. The molecule has 112 valence electrons. The van der Waals surface area contributed by atoms with Gasteiger partial charge in [0.2, 0.25) is 0 Å². The van der Waals surface area contributed by atoms with Crippen LogP contribution < -0.4 is 5.32 Å². The zero-order valence-electron chi connectivity index (χ0n) is 12.5. The summed E-state index contributed by atoms with van der Waals surface area (Å²) in [5.74, 6) is 1.07. The van der Waals surface area contributed by atoms with Crippen molar-refractivity contribution in [1.82, 2.24) is 14.7 Å². The van der Waals surface area contributed by atoms with Gasteiger partial charge in [-0.15, -0.1) is 11.3 Å². The van der Waals surface area contributed by atoms with Crippen molar-refractivity contribution in [3.63, 3.8) is 0 Å². The van der Waals surface area contributed by atoms with Gasteiger partial charge >= 0.3 is 0 Å². The van der Waals surface area contributed by atoms with E-state index in [1.807, 2.05) is 0 Å². The monoisotopic (exact) mass is 303 g/mol. The molecule has 0 aromatic carbocycles. The summed E-state index contributed by atoms with van der Waals surface area (Å²) in [6.07, 6.45) is 8.90. The Kier molecular flexibility index (Phi) is 4.41. The van der Waals surface area contributed by atoms with Gasteiger partial charge in [-0.1, -0.05) is 13.8 Å². The molecule has 3 heterocycles. The van der Waals surface area contributed by atoms with E-state index in [4.69, 9.17) is 9.40 Å². The second-order valence-corrected chi connectivity index (χ2v) is 6.06. The molecular weight excluding hydrogens is 282 g/mol. The number of aryl methyl sites for hydroxylation is 1. The predicted molar refractivity (Wildman–Crippen MR) is 85.9 cm³/mol. The molecule has 0 saturated heterocycles. The highest BCUT2D eigenvalue weighted by Crippen LogP contribution is 2.24. The van der Waals surface area contributed by atoms with Crippen molar-refractivity contribution in [2.24, 2.45) is 0 Å². The minimum absolute atomic E-state index is 0.267. The summed E-state index contributed by atoms with van der Waals surface area (Å²) in [6, 6.07) is 2.35. The lowest BCUT2D eigenvalue weighted by molar-refractivity contribution is 0.480. The van der Waals surface area contributed by atoms with Crippen LogP contribution in [0.2, 0.25) is 0 Å². The van der Waals surface area contributed by atoms with Gasteiger partial charge in [-0.05, 0) is 19.0 Å². The Morgan fingerprint density at radius 2 is 2.33 bits per heavy atom. The Bertz CT molecular complexity index is 669. The topological polar surface area (TPSA) is 42.5 Å². The van der Waals surface area contributed by atoms with Crippen LogP contribution in [0.5, 0.6) is 0 Å². The summed E-state index contributed by atoms with van der Waals surface area (Å²) in [4.78, 5) is 5.75. The molecule has 1 unspecified atom stereocenters. The highest BCUT2D eigenvalue weighted by atomic mass is 32.1. The molecule has 1 N–H and O–H groups in total. The molecule has 0 radical (unpaired) electrons. The van der Waals surface area contributed by atoms with Crippen molar-refractivity contribution in [2.75, 3.05) is 6.54 Å². The molecule has 0 bridgehead atoms. The summed E-state index contributed by atoms with van der Waals surface area (Å²) >= 11 is 1.67. The summed E-state index contributed by atoms with van der Waals surface area (Å²) in [5.41, 5.74) is 2.39. The average molecular weight is 303 g/mol. The second-order valence-electron chi connectivity index (χ2n) is 5.19. The van der Waals surface area contributed by atoms with Crippen LogP contribution in [0.3, 0.4) is 0 Å².